The lowest BCUT2D eigenvalue weighted by atomic mass is 10.2. The molecule has 5 heteroatoms. The molecule has 0 spiro atoms. The van der Waals surface area contributed by atoms with Crippen LogP contribution in [-0.2, 0) is 0 Å². The molecule has 0 rings (SSSR count). The van der Waals surface area contributed by atoms with Gasteiger partial charge in [0.25, 0.3) is 0 Å². The molecular weight excluding hydrogens is 218 g/mol. The van der Waals surface area contributed by atoms with Gasteiger partial charge in [-0.15, -0.1) is 37.2 Å². The van der Waals surface area contributed by atoms with E-state index in [-0.39, 0.29) is 37.2 Å². The Balaban J connectivity index is -0.000000107. The first kappa shape index (κ1) is 23.0. The van der Waals surface area contributed by atoms with Gasteiger partial charge in [0, 0.05) is 6.54 Å². The summed E-state index contributed by atoms with van der Waals surface area (Å²) >= 11 is 0. The number of unbranched alkanes of at least 4 members (excludes halogenated alkanes) is 4. The highest BCUT2D eigenvalue weighted by Gasteiger charge is 1.85. The van der Waals surface area contributed by atoms with E-state index in [1.807, 2.05) is 0 Å². The van der Waals surface area contributed by atoms with Crippen LogP contribution < -0.4 is 11.3 Å². The zero-order valence-electron chi connectivity index (χ0n) is 7.54. The Morgan fingerprint density at radius 1 is 0.917 bits per heavy atom. The first-order valence-corrected chi connectivity index (χ1v) is 3.85. The predicted octanol–water partition coefficient (Wildman–Crippen LogP) is 2.69. The molecule has 2 nitrogen and oxygen atoms in total. The molecule has 0 bridgehead atoms. The third-order valence-electron chi connectivity index (χ3n) is 1.42. The Hall–Kier alpha value is 0.790. The van der Waals surface area contributed by atoms with Gasteiger partial charge in [-0.1, -0.05) is 32.6 Å². The molecule has 0 aromatic carbocycles. The maximum absolute atomic E-state index is 5.09. The molecule has 3 N–H and O–H groups in total. The van der Waals surface area contributed by atoms with Crippen LogP contribution in [0.4, 0.5) is 0 Å². The fourth-order valence-corrected chi connectivity index (χ4v) is 0.831. The van der Waals surface area contributed by atoms with Gasteiger partial charge in [0.1, 0.15) is 0 Å². The standard InChI is InChI=1S/C7H18N2.3ClH/c1-2-3-4-5-6-7-9-8;;;/h9H,2-8H2,1H3;3*1H. The second kappa shape index (κ2) is 22.6. The highest BCUT2D eigenvalue weighted by atomic mass is 35.5. The molecule has 12 heavy (non-hydrogen) atoms. The Kier molecular flexibility index (Phi) is 43.4. The van der Waals surface area contributed by atoms with Crippen molar-refractivity contribution in [3.63, 3.8) is 0 Å². The van der Waals surface area contributed by atoms with Crippen LogP contribution in [0, 0.1) is 0 Å². The number of nitrogens with one attached hydrogen (secondary N) is 1. The summed E-state index contributed by atoms with van der Waals surface area (Å²) in [5.74, 6) is 5.09. The van der Waals surface area contributed by atoms with Gasteiger partial charge >= 0.3 is 0 Å². The predicted molar refractivity (Wildman–Crippen MR) is 62.7 cm³/mol. The number of nitrogens with two attached hydrogens (primary N) is 1. The minimum atomic E-state index is 0. The van der Waals surface area contributed by atoms with E-state index in [4.69, 9.17) is 5.84 Å². The van der Waals surface area contributed by atoms with E-state index < -0.39 is 0 Å². The van der Waals surface area contributed by atoms with Crippen molar-refractivity contribution >= 4 is 37.2 Å². The fraction of sp³-hybridized carbons (Fsp3) is 1.00. The molecule has 0 atom stereocenters. The van der Waals surface area contributed by atoms with Crippen molar-refractivity contribution in [1.29, 1.82) is 0 Å². The van der Waals surface area contributed by atoms with Crippen LogP contribution in [0.25, 0.3) is 0 Å². The van der Waals surface area contributed by atoms with E-state index in [1.165, 1.54) is 32.1 Å². The Labute approximate surface area is 94.2 Å². The third kappa shape index (κ3) is 22.4. The normalized spacial score (nSPS) is 7.50. The molecule has 0 radical (unpaired) electrons. The second-order valence-corrected chi connectivity index (χ2v) is 2.37. The molecule has 0 saturated heterocycles. The van der Waals surface area contributed by atoms with Crippen molar-refractivity contribution in [2.75, 3.05) is 6.54 Å². The van der Waals surface area contributed by atoms with E-state index in [1.54, 1.807) is 0 Å². The molecule has 0 heterocycles. The van der Waals surface area contributed by atoms with Crippen LogP contribution in [0.2, 0.25) is 0 Å². The second-order valence-electron chi connectivity index (χ2n) is 2.37. The number of hydrazine groups is 1. The van der Waals surface area contributed by atoms with E-state index in [9.17, 15) is 0 Å². The summed E-state index contributed by atoms with van der Waals surface area (Å²) in [5, 5.41) is 0. The van der Waals surface area contributed by atoms with Crippen molar-refractivity contribution < 1.29 is 0 Å². The summed E-state index contributed by atoms with van der Waals surface area (Å²) in [6.45, 7) is 3.19. The lowest BCUT2D eigenvalue weighted by molar-refractivity contribution is 0.595. The maximum Gasteiger partial charge on any atom is 0.00974 e. The summed E-state index contributed by atoms with van der Waals surface area (Å²) in [6, 6.07) is 0. The minimum Gasteiger partial charge on any atom is -0.271 e. The maximum atomic E-state index is 5.09. The monoisotopic (exact) mass is 238 g/mol. The van der Waals surface area contributed by atoms with Gasteiger partial charge in [0.2, 0.25) is 0 Å². The van der Waals surface area contributed by atoms with Crippen LogP contribution in [0.3, 0.4) is 0 Å². The van der Waals surface area contributed by atoms with E-state index in [0.29, 0.717) is 0 Å². The quantitative estimate of drug-likeness (QED) is 0.425. The van der Waals surface area contributed by atoms with Crippen molar-refractivity contribution in [3.05, 3.63) is 0 Å². The fourth-order valence-electron chi connectivity index (χ4n) is 0.831. The molecule has 0 aromatic heterocycles. The number of hydrogen-bond donors (Lipinski definition) is 2. The van der Waals surface area contributed by atoms with Gasteiger partial charge in [-0.25, -0.2) is 0 Å². The largest absolute Gasteiger partial charge is 0.271 e. The summed E-state index contributed by atoms with van der Waals surface area (Å²) in [7, 11) is 0. The van der Waals surface area contributed by atoms with Crippen LogP contribution in [0.1, 0.15) is 39.0 Å². The van der Waals surface area contributed by atoms with Crippen LogP contribution in [0.5, 0.6) is 0 Å². The topological polar surface area (TPSA) is 38.0 Å². The minimum absolute atomic E-state index is 0. The van der Waals surface area contributed by atoms with Crippen molar-refractivity contribution in [3.8, 4) is 0 Å². The average Bonchev–Trinajstić information content (AvgIpc) is 1.89. The molecular formula is C7H21Cl3N2. The number of halogens is 3. The van der Waals surface area contributed by atoms with Crippen LogP contribution in [0.15, 0.2) is 0 Å². The molecule has 0 aliphatic heterocycles. The molecule has 0 aromatic rings. The molecule has 0 saturated carbocycles. The first-order valence-electron chi connectivity index (χ1n) is 3.85. The zero-order chi connectivity index (χ0) is 6.95. The van der Waals surface area contributed by atoms with Gasteiger partial charge in [-0.05, 0) is 6.42 Å². The molecule has 0 unspecified atom stereocenters. The number of rotatable bonds is 6. The Morgan fingerprint density at radius 2 is 1.42 bits per heavy atom. The van der Waals surface area contributed by atoms with Crippen molar-refractivity contribution in [2.45, 2.75) is 39.0 Å². The molecule has 0 aliphatic carbocycles. The third-order valence-corrected chi connectivity index (χ3v) is 1.42. The summed E-state index contributed by atoms with van der Waals surface area (Å²) in [4.78, 5) is 0. The number of hydrogen-bond acceptors (Lipinski definition) is 2. The van der Waals surface area contributed by atoms with Crippen LogP contribution >= 0.6 is 37.2 Å². The van der Waals surface area contributed by atoms with Crippen molar-refractivity contribution in [2.24, 2.45) is 5.84 Å². The van der Waals surface area contributed by atoms with Gasteiger partial charge in [-0.3, -0.25) is 11.3 Å². The van der Waals surface area contributed by atoms with E-state index >= 15 is 0 Å². The lowest BCUT2D eigenvalue weighted by Gasteiger charge is -1.97. The van der Waals surface area contributed by atoms with Gasteiger partial charge < -0.3 is 0 Å². The summed E-state index contributed by atoms with van der Waals surface area (Å²) in [6.07, 6.45) is 6.58. The molecule has 0 amide bonds. The van der Waals surface area contributed by atoms with Crippen LogP contribution in [-0.4, -0.2) is 6.54 Å². The average molecular weight is 240 g/mol. The molecule has 80 valence electrons. The van der Waals surface area contributed by atoms with Crippen molar-refractivity contribution in [1.82, 2.24) is 5.43 Å². The lowest BCUT2D eigenvalue weighted by Crippen LogP contribution is -2.22. The zero-order valence-corrected chi connectivity index (χ0v) is 9.99. The molecule has 0 fully saturated rings. The highest BCUT2D eigenvalue weighted by molar-refractivity contribution is 5.86. The first-order chi connectivity index (χ1) is 4.41. The summed E-state index contributed by atoms with van der Waals surface area (Å²) < 4.78 is 0. The Morgan fingerprint density at radius 3 is 1.83 bits per heavy atom. The van der Waals surface area contributed by atoms with Gasteiger partial charge in [-0.2, -0.15) is 0 Å². The van der Waals surface area contributed by atoms with E-state index in [2.05, 4.69) is 12.3 Å². The highest BCUT2D eigenvalue weighted by Crippen LogP contribution is 2.00. The summed E-state index contributed by atoms with van der Waals surface area (Å²) in [5.41, 5.74) is 2.64. The van der Waals surface area contributed by atoms with Gasteiger partial charge in [0.15, 0.2) is 0 Å². The molecule has 0 aliphatic rings. The Bertz CT molecular complexity index is 49.9. The SMILES string of the molecule is CCCCCCCNN.Cl.Cl.Cl. The smallest absolute Gasteiger partial charge is 0.00974 e. The van der Waals surface area contributed by atoms with E-state index in [0.717, 1.165) is 6.54 Å². The van der Waals surface area contributed by atoms with Gasteiger partial charge in [0.05, 0.1) is 0 Å².